The summed E-state index contributed by atoms with van der Waals surface area (Å²) >= 11 is 0. The Morgan fingerprint density at radius 1 is 1.00 bits per heavy atom. The van der Waals surface area contributed by atoms with Crippen molar-refractivity contribution in [1.29, 1.82) is 0 Å². The van der Waals surface area contributed by atoms with Gasteiger partial charge < -0.3 is 0 Å². The predicted molar refractivity (Wildman–Crippen MR) is 107 cm³/mol. The Hall–Kier alpha value is -2.15. The molecule has 2 aromatic rings. The van der Waals surface area contributed by atoms with E-state index in [1.54, 1.807) is 0 Å². The first-order valence-corrected chi connectivity index (χ1v) is 9.02. The second-order valence-electron chi connectivity index (χ2n) is 6.82. The fourth-order valence-corrected chi connectivity index (χ4v) is 3.48. The number of nitrogens with zero attached hydrogens (tertiary/aromatic N) is 1. The van der Waals surface area contributed by atoms with E-state index in [4.69, 9.17) is 4.99 Å². The van der Waals surface area contributed by atoms with Crippen LogP contribution >= 0.6 is 0 Å². The van der Waals surface area contributed by atoms with Crippen LogP contribution in [0.25, 0.3) is 16.3 Å². The third kappa shape index (κ3) is 3.08. The molecule has 1 aliphatic rings. The molecular formula is C23H27N. The lowest BCUT2D eigenvalue weighted by Crippen LogP contribution is -1.96. The molecule has 0 amide bonds. The third-order valence-corrected chi connectivity index (χ3v) is 5.25. The van der Waals surface area contributed by atoms with Crippen LogP contribution in [0.5, 0.6) is 0 Å². The molecule has 0 fully saturated rings. The Labute approximate surface area is 145 Å². The zero-order valence-corrected chi connectivity index (χ0v) is 15.3. The zero-order valence-electron chi connectivity index (χ0n) is 15.3. The molecule has 2 aromatic carbocycles. The number of unbranched alkanes of at least 4 members (excludes halogenated alkanes) is 1. The monoisotopic (exact) mass is 317 g/mol. The Morgan fingerprint density at radius 3 is 2.50 bits per heavy atom. The summed E-state index contributed by atoms with van der Waals surface area (Å²) in [6.07, 6.45) is 5.51. The van der Waals surface area contributed by atoms with Gasteiger partial charge in [0.25, 0.3) is 0 Å². The van der Waals surface area contributed by atoms with Crippen molar-refractivity contribution >= 4 is 22.6 Å². The van der Waals surface area contributed by atoms with E-state index < -0.39 is 0 Å². The minimum Gasteiger partial charge on any atom is -0.293 e. The maximum absolute atomic E-state index is 4.72. The maximum Gasteiger partial charge on any atom is 0.0389 e. The molecule has 0 spiro atoms. The average Bonchev–Trinajstić information content (AvgIpc) is 2.86. The van der Waals surface area contributed by atoms with Gasteiger partial charge in [0.15, 0.2) is 0 Å². The van der Waals surface area contributed by atoms with Crippen molar-refractivity contribution in [3.8, 4) is 0 Å². The maximum atomic E-state index is 4.72. The van der Waals surface area contributed by atoms with Crippen LogP contribution in [0.4, 0.5) is 0 Å². The van der Waals surface area contributed by atoms with Gasteiger partial charge in [-0.2, -0.15) is 0 Å². The minimum atomic E-state index is 0.910. The Morgan fingerprint density at radius 2 is 1.79 bits per heavy atom. The van der Waals surface area contributed by atoms with Crippen molar-refractivity contribution in [1.82, 2.24) is 0 Å². The van der Waals surface area contributed by atoms with Crippen molar-refractivity contribution in [2.24, 2.45) is 4.99 Å². The van der Waals surface area contributed by atoms with Gasteiger partial charge in [-0.1, -0.05) is 55.3 Å². The highest BCUT2D eigenvalue weighted by atomic mass is 14.7. The van der Waals surface area contributed by atoms with Crippen LogP contribution in [0, 0.1) is 0 Å². The quantitative estimate of drug-likeness (QED) is 0.436. The summed E-state index contributed by atoms with van der Waals surface area (Å²) in [5, 5.41) is 2.59. The first-order valence-electron chi connectivity index (χ1n) is 9.02. The van der Waals surface area contributed by atoms with Gasteiger partial charge in [-0.15, -0.1) is 0 Å². The van der Waals surface area contributed by atoms with E-state index in [0.29, 0.717) is 0 Å². The lowest BCUT2D eigenvalue weighted by molar-refractivity contribution is 0.810. The van der Waals surface area contributed by atoms with Gasteiger partial charge in [0.2, 0.25) is 0 Å². The molecule has 1 nitrogen and oxygen atoms in total. The van der Waals surface area contributed by atoms with Crippen LogP contribution < -0.4 is 0 Å². The molecule has 3 rings (SSSR count). The molecule has 0 N–H and O–H groups in total. The Kier molecular flexibility index (Phi) is 4.99. The first kappa shape index (κ1) is 16.7. The van der Waals surface area contributed by atoms with E-state index in [2.05, 4.69) is 70.3 Å². The SMILES string of the molecule is CCCC/N=C/c1c(C2=C(C)C(C)=C(C)C2)ccc2ccccc12. The number of allylic oxidation sites excluding steroid dienone is 4. The minimum absolute atomic E-state index is 0.910. The Balaban J connectivity index is 2.13. The smallest absolute Gasteiger partial charge is 0.0389 e. The number of benzene rings is 2. The van der Waals surface area contributed by atoms with Crippen molar-refractivity contribution in [2.45, 2.75) is 47.0 Å². The fourth-order valence-electron chi connectivity index (χ4n) is 3.48. The summed E-state index contributed by atoms with van der Waals surface area (Å²) in [5.41, 5.74) is 8.47. The zero-order chi connectivity index (χ0) is 17.1. The molecule has 0 aromatic heterocycles. The number of hydrogen-bond acceptors (Lipinski definition) is 1. The molecule has 0 saturated heterocycles. The van der Waals surface area contributed by atoms with E-state index in [-0.39, 0.29) is 0 Å². The molecule has 0 atom stereocenters. The molecule has 0 unspecified atom stereocenters. The third-order valence-electron chi connectivity index (χ3n) is 5.25. The standard InChI is InChI=1S/C23H27N/c1-5-6-13-24-15-23-20-10-8-7-9-19(20)11-12-21(23)22-14-16(2)17(3)18(22)4/h7-12,15H,5-6,13-14H2,1-4H3/b24-15+. The molecule has 1 heteroatoms. The normalized spacial score (nSPS) is 15.3. The molecule has 0 saturated carbocycles. The molecule has 0 radical (unpaired) electrons. The Bertz CT molecular complexity index is 849. The van der Waals surface area contributed by atoms with Gasteiger partial charge in [-0.3, -0.25) is 4.99 Å². The van der Waals surface area contributed by atoms with Gasteiger partial charge in [0, 0.05) is 18.3 Å². The van der Waals surface area contributed by atoms with E-state index in [1.807, 2.05) is 0 Å². The van der Waals surface area contributed by atoms with Crippen molar-refractivity contribution in [3.05, 3.63) is 64.2 Å². The number of hydrogen-bond donors (Lipinski definition) is 0. The topological polar surface area (TPSA) is 12.4 Å². The van der Waals surface area contributed by atoms with E-state index in [1.165, 1.54) is 50.6 Å². The summed E-state index contributed by atoms with van der Waals surface area (Å²) in [6.45, 7) is 9.88. The molecule has 0 bridgehead atoms. The largest absolute Gasteiger partial charge is 0.293 e. The van der Waals surface area contributed by atoms with E-state index >= 15 is 0 Å². The highest BCUT2D eigenvalue weighted by Crippen LogP contribution is 2.40. The summed E-state index contributed by atoms with van der Waals surface area (Å²) in [5.74, 6) is 0. The van der Waals surface area contributed by atoms with E-state index in [9.17, 15) is 0 Å². The molecular weight excluding hydrogens is 290 g/mol. The van der Waals surface area contributed by atoms with Gasteiger partial charge >= 0.3 is 0 Å². The lowest BCUT2D eigenvalue weighted by atomic mass is 9.92. The van der Waals surface area contributed by atoms with Crippen LogP contribution in [-0.2, 0) is 0 Å². The molecule has 0 heterocycles. The number of aliphatic imine (C=N–C) groups is 1. The molecule has 1 aliphatic carbocycles. The second-order valence-corrected chi connectivity index (χ2v) is 6.82. The molecule has 124 valence electrons. The highest BCUT2D eigenvalue weighted by Gasteiger charge is 2.19. The van der Waals surface area contributed by atoms with Gasteiger partial charge in [0.05, 0.1) is 0 Å². The van der Waals surface area contributed by atoms with Crippen LogP contribution in [0.1, 0.15) is 58.1 Å². The van der Waals surface area contributed by atoms with Crippen LogP contribution in [0.15, 0.2) is 58.1 Å². The number of rotatable bonds is 5. The van der Waals surface area contributed by atoms with Crippen LogP contribution in [-0.4, -0.2) is 12.8 Å². The summed E-state index contributed by atoms with van der Waals surface area (Å²) in [4.78, 5) is 4.72. The van der Waals surface area contributed by atoms with Crippen LogP contribution in [0.3, 0.4) is 0 Å². The average molecular weight is 317 g/mol. The van der Waals surface area contributed by atoms with Gasteiger partial charge in [0.1, 0.15) is 0 Å². The predicted octanol–water partition coefficient (Wildman–Crippen LogP) is 6.57. The summed E-state index contributed by atoms with van der Waals surface area (Å²) in [7, 11) is 0. The van der Waals surface area contributed by atoms with Gasteiger partial charge in [-0.25, -0.2) is 0 Å². The van der Waals surface area contributed by atoms with Crippen molar-refractivity contribution in [2.75, 3.05) is 6.54 Å². The van der Waals surface area contributed by atoms with E-state index in [0.717, 1.165) is 19.4 Å². The van der Waals surface area contributed by atoms with Crippen LogP contribution in [0.2, 0.25) is 0 Å². The highest BCUT2D eigenvalue weighted by molar-refractivity contribution is 6.05. The van der Waals surface area contributed by atoms with Gasteiger partial charge in [-0.05, 0) is 66.7 Å². The molecule has 24 heavy (non-hydrogen) atoms. The first-order chi connectivity index (χ1) is 11.6. The second kappa shape index (κ2) is 7.17. The number of fused-ring (bicyclic) bond motifs is 1. The summed E-state index contributed by atoms with van der Waals surface area (Å²) < 4.78 is 0. The lowest BCUT2D eigenvalue weighted by Gasteiger charge is -2.13. The summed E-state index contributed by atoms with van der Waals surface area (Å²) in [6, 6.07) is 13.2. The molecule has 0 aliphatic heterocycles. The fraction of sp³-hybridized carbons (Fsp3) is 0.348. The van der Waals surface area contributed by atoms with Crippen molar-refractivity contribution in [3.63, 3.8) is 0 Å². The van der Waals surface area contributed by atoms with Crippen molar-refractivity contribution < 1.29 is 0 Å².